The van der Waals surface area contributed by atoms with Crippen molar-refractivity contribution in [2.75, 3.05) is 5.73 Å². The van der Waals surface area contributed by atoms with Crippen molar-refractivity contribution in [3.63, 3.8) is 0 Å². The first-order valence-electron chi connectivity index (χ1n) is 9.11. The number of carbonyl (C=O) groups excluding carboxylic acids is 2. The average molecular weight is 405 g/mol. The predicted octanol–water partition coefficient (Wildman–Crippen LogP) is 3.01. The molecule has 8 heteroatoms. The molecule has 2 aromatic rings. The van der Waals surface area contributed by atoms with Crippen LogP contribution in [0.2, 0.25) is 5.02 Å². The van der Waals surface area contributed by atoms with E-state index in [1.807, 2.05) is 13.8 Å². The monoisotopic (exact) mass is 404 g/mol. The molecular weight excluding hydrogens is 383 g/mol. The van der Waals surface area contributed by atoms with Gasteiger partial charge in [0.25, 0.3) is 0 Å². The molecule has 1 saturated heterocycles. The molecule has 0 radical (unpaired) electrons. The molecule has 0 aliphatic carbocycles. The number of pyridine rings is 1. The lowest BCUT2D eigenvalue weighted by molar-refractivity contribution is -0.119. The third-order valence-electron chi connectivity index (χ3n) is 4.99. The molecule has 4 N–H and O–H groups in total. The average Bonchev–Trinajstić information content (AvgIpc) is 2.97. The van der Waals surface area contributed by atoms with E-state index in [9.17, 15) is 9.59 Å². The highest BCUT2D eigenvalue weighted by atomic mass is 35.5. The topological polar surface area (TPSA) is 97.1 Å². The minimum atomic E-state index is -0.668. The first-order valence-corrected chi connectivity index (χ1v) is 9.49. The fraction of sp³-hybridized carbons (Fsp3) is 0.350. The van der Waals surface area contributed by atoms with Crippen LogP contribution in [0, 0.1) is 5.82 Å². The summed E-state index contributed by atoms with van der Waals surface area (Å²) < 4.78 is 15.4. The van der Waals surface area contributed by atoms with Gasteiger partial charge in [0.05, 0.1) is 10.6 Å². The summed E-state index contributed by atoms with van der Waals surface area (Å²) in [7, 11) is 0. The minimum absolute atomic E-state index is 0.0315. The van der Waals surface area contributed by atoms with Crippen LogP contribution in [0.1, 0.15) is 54.2 Å². The number of nitrogens with zero attached hydrogens (tertiary/aromatic N) is 1. The zero-order valence-electron chi connectivity index (χ0n) is 15.6. The number of ketones is 1. The number of anilines is 1. The molecule has 1 aliphatic heterocycles. The Morgan fingerprint density at radius 1 is 1.43 bits per heavy atom. The number of nitrogens with one attached hydrogen (secondary N) is 2. The summed E-state index contributed by atoms with van der Waals surface area (Å²) in [6.45, 7) is 3.81. The molecule has 1 aromatic carbocycles. The van der Waals surface area contributed by atoms with Gasteiger partial charge in [0.2, 0.25) is 5.91 Å². The summed E-state index contributed by atoms with van der Waals surface area (Å²) in [5, 5.41) is 6.20. The number of amides is 1. The van der Waals surface area contributed by atoms with Gasteiger partial charge in [-0.25, -0.2) is 9.37 Å². The molecule has 1 fully saturated rings. The van der Waals surface area contributed by atoms with Crippen LogP contribution in [0.4, 0.5) is 10.2 Å². The molecule has 28 heavy (non-hydrogen) atoms. The second-order valence-corrected chi connectivity index (χ2v) is 7.33. The molecule has 148 valence electrons. The van der Waals surface area contributed by atoms with Gasteiger partial charge in [0.1, 0.15) is 11.6 Å². The fourth-order valence-electron chi connectivity index (χ4n) is 3.41. The van der Waals surface area contributed by atoms with Crippen molar-refractivity contribution < 1.29 is 14.0 Å². The highest BCUT2D eigenvalue weighted by Gasteiger charge is 2.32. The van der Waals surface area contributed by atoms with Gasteiger partial charge >= 0.3 is 0 Å². The predicted molar refractivity (Wildman–Crippen MR) is 106 cm³/mol. The van der Waals surface area contributed by atoms with E-state index in [1.54, 1.807) is 6.07 Å². The SMILES string of the molecule is CC[C@@H](N[C@@H]1CC(=O)NC1C)c1ccc(Cl)c(C(=O)c2ccc(N)nc2)c1F. The zero-order valence-corrected chi connectivity index (χ0v) is 16.4. The van der Waals surface area contributed by atoms with Crippen molar-refractivity contribution in [3.8, 4) is 0 Å². The molecule has 0 saturated carbocycles. The van der Waals surface area contributed by atoms with E-state index in [0.29, 0.717) is 18.4 Å². The van der Waals surface area contributed by atoms with Gasteiger partial charge in [-0.15, -0.1) is 0 Å². The highest BCUT2D eigenvalue weighted by molar-refractivity contribution is 6.35. The molecule has 3 rings (SSSR count). The Morgan fingerprint density at radius 2 is 2.18 bits per heavy atom. The van der Waals surface area contributed by atoms with Crippen LogP contribution in [-0.2, 0) is 4.79 Å². The quantitative estimate of drug-likeness (QED) is 0.643. The van der Waals surface area contributed by atoms with Crippen molar-refractivity contribution in [3.05, 3.63) is 58.0 Å². The molecule has 1 amide bonds. The van der Waals surface area contributed by atoms with Crippen LogP contribution in [0.5, 0.6) is 0 Å². The van der Waals surface area contributed by atoms with Gasteiger partial charge in [-0.3, -0.25) is 9.59 Å². The van der Waals surface area contributed by atoms with Crippen LogP contribution in [0.15, 0.2) is 30.5 Å². The maximum Gasteiger partial charge on any atom is 0.221 e. The standard InChI is InChI=1S/C20H22ClFN4O2/c1-3-14(26-15-8-17(27)25-10(15)2)12-5-6-13(21)18(19(12)22)20(28)11-4-7-16(23)24-9-11/h4-7,9-10,14-15,26H,3,8H2,1-2H3,(H2,23,24)(H,25,27)/t10?,14-,15-/m1/s1. The lowest BCUT2D eigenvalue weighted by Gasteiger charge is -2.25. The summed E-state index contributed by atoms with van der Waals surface area (Å²) in [4.78, 5) is 28.3. The Labute approximate surface area is 167 Å². The number of benzene rings is 1. The van der Waals surface area contributed by atoms with Gasteiger partial charge in [-0.2, -0.15) is 0 Å². The summed E-state index contributed by atoms with van der Waals surface area (Å²) in [6.07, 6.45) is 2.20. The van der Waals surface area contributed by atoms with E-state index < -0.39 is 11.6 Å². The van der Waals surface area contributed by atoms with E-state index in [-0.39, 0.29) is 46.0 Å². The smallest absolute Gasteiger partial charge is 0.221 e. The van der Waals surface area contributed by atoms with Crippen molar-refractivity contribution >= 4 is 29.1 Å². The van der Waals surface area contributed by atoms with Crippen LogP contribution in [-0.4, -0.2) is 28.8 Å². The van der Waals surface area contributed by atoms with Crippen molar-refractivity contribution in [1.82, 2.24) is 15.6 Å². The molecule has 0 spiro atoms. The van der Waals surface area contributed by atoms with Crippen LogP contribution in [0.3, 0.4) is 0 Å². The molecule has 2 heterocycles. The third-order valence-corrected chi connectivity index (χ3v) is 5.31. The number of nitrogen functional groups attached to an aromatic ring is 1. The highest BCUT2D eigenvalue weighted by Crippen LogP contribution is 2.30. The Bertz CT molecular complexity index is 904. The number of nitrogens with two attached hydrogens (primary N) is 1. The minimum Gasteiger partial charge on any atom is -0.384 e. The molecule has 3 atom stereocenters. The summed E-state index contributed by atoms with van der Waals surface area (Å²) in [6, 6.07) is 5.51. The molecular formula is C20H22ClFN4O2. The van der Waals surface area contributed by atoms with Crippen LogP contribution >= 0.6 is 11.6 Å². The third kappa shape index (κ3) is 4.00. The maximum absolute atomic E-state index is 15.4. The van der Waals surface area contributed by atoms with E-state index >= 15 is 4.39 Å². The summed E-state index contributed by atoms with van der Waals surface area (Å²) in [5.74, 6) is -1.000. The Morgan fingerprint density at radius 3 is 2.75 bits per heavy atom. The Kier molecular flexibility index (Phi) is 5.96. The maximum atomic E-state index is 15.4. The van der Waals surface area contributed by atoms with Gasteiger partial charge < -0.3 is 16.4 Å². The van der Waals surface area contributed by atoms with E-state index in [2.05, 4.69) is 15.6 Å². The number of aromatic nitrogens is 1. The number of hydrogen-bond donors (Lipinski definition) is 3. The summed E-state index contributed by atoms with van der Waals surface area (Å²) >= 11 is 6.16. The van der Waals surface area contributed by atoms with Crippen molar-refractivity contribution in [2.24, 2.45) is 0 Å². The second kappa shape index (κ2) is 8.24. The molecule has 0 bridgehead atoms. The number of hydrogen-bond acceptors (Lipinski definition) is 5. The first kappa shape index (κ1) is 20.2. The Hall–Kier alpha value is -2.51. The van der Waals surface area contributed by atoms with Gasteiger partial charge in [0, 0.05) is 41.9 Å². The lowest BCUT2D eigenvalue weighted by Crippen LogP contribution is -2.40. The van der Waals surface area contributed by atoms with Crippen molar-refractivity contribution in [2.45, 2.75) is 44.8 Å². The fourth-order valence-corrected chi connectivity index (χ4v) is 3.64. The molecule has 6 nitrogen and oxygen atoms in total. The first-order chi connectivity index (χ1) is 13.3. The molecule has 1 aromatic heterocycles. The number of carbonyl (C=O) groups is 2. The summed E-state index contributed by atoms with van der Waals surface area (Å²) in [5.41, 5.74) is 5.89. The second-order valence-electron chi connectivity index (χ2n) is 6.92. The van der Waals surface area contributed by atoms with Crippen LogP contribution < -0.4 is 16.4 Å². The van der Waals surface area contributed by atoms with Gasteiger partial charge in [0.15, 0.2) is 5.78 Å². The Balaban J connectivity index is 1.94. The van der Waals surface area contributed by atoms with E-state index in [0.717, 1.165) is 0 Å². The van der Waals surface area contributed by atoms with Gasteiger partial charge in [-0.1, -0.05) is 24.6 Å². The van der Waals surface area contributed by atoms with Crippen molar-refractivity contribution in [1.29, 1.82) is 0 Å². The largest absolute Gasteiger partial charge is 0.384 e. The van der Waals surface area contributed by atoms with Gasteiger partial charge in [-0.05, 0) is 31.5 Å². The normalized spacial score (nSPS) is 20.1. The number of halogens is 2. The lowest BCUT2D eigenvalue weighted by atomic mass is 9.95. The van der Waals surface area contributed by atoms with E-state index in [4.69, 9.17) is 17.3 Å². The number of rotatable bonds is 6. The zero-order chi connectivity index (χ0) is 20.4. The molecule has 1 unspecified atom stereocenters. The van der Waals surface area contributed by atoms with E-state index in [1.165, 1.54) is 24.4 Å². The molecule has 1 aliphatic rings. The van der Waals surface area contributed by atoms with Crippen LogP contribution in [0.25, 0.3) is 0 Å².